The monoisotopic (exact) mass is 244 g/mol. The molecule has 0 N–H and O–H groups in total. The van der Waals surface area contributed by atoms with E-state index in [2.05, 4.69) is 43.4 Å². The molecule has 1 atom stereocenters. The molecule has 3 rings (SSSR count). The maximum absolute atomic E-state index is 2.34. The summed E-state index contributed by atoms with van der Waals surface area (Å²) in [6, 6.07) is 6.87. The predicted molar refractivity (Wildman–Crippen MR) is 77.2 cm³/mol. The number of thiophene rings is 1. The highest BCUT2D eigenvalue weighted by Crippen LogP contribution is 2.44. The highest BCUT2D eigenvalue weighted by atomic mass is 32.1. The molecule has 1 aromatic carbocycles. The molecule has 0 radical (unpaired) electrons. The molecule has 1 heterocycles. The van der Waals surface area contributed by atoms with Crippen LogP contribution in [-0.4, -0.2) is 0 Å². The van der Waals surface area contributed by atoms with Crippen LogP contribution in [0.25, 0.3) is 10.1 Å². The first kappa shape index (κ1) is 11.3. The first-order valence-electron chi connectivity index (χ1n) is 6.88. The molecule has 0 spiro atoms. The van der Waals surface area contributed by atoms with Gasteiger partial charge in [-0.3, -0.25) is 0 Å². The van der Waals surface area contributed by atoms with Crippen LogP contribution in [0.5, 0.6) is 0 Å². The van der Waals surface area contributed by atoms with Gasteiger partial charge in [0.05, 0.1) is 0 Å². The van der Waals surface area contributed by atoms with E-state index in [4.69, 9.17) is 0 Å². The lowest BCUT2D eigenvalue weighted by atomic mass is 9.86. The van der Waals surface area contributed by atoms with E-state index in [9.17, 15) is 0 Å². The SMILES string of the molecule is CCc1cccc2c3c(sc12)C(CC)CCC3. The molecule has 0 amide bonds. The van der Waals surface area contributed by atoms with Crippen LogP contribution < -0.4 is 0 Å². The Balaban J connectivity index is 2.25. The lowest BCUT2D eigenvalue weighted by molar-refractivity contribution is 0.552. The van der Waals surface area contributed by atoms with Crippen LogP contribution in [0.3, 0.4) is 0 Å². The second-order valence-corrected chi connectivity index (χ2v) is 6.14. The highest BCUT2D eigenvalue weighted by molar-refractivity contribution is 7.19. The Morgan fingerprint density at radius 3 is 2.94 bits per heavy atom. The van der Waals surface area contributed by atoms with Crippen LogP contribution >= 0.6 is 11.3 Å². The summed E-state index contributed by atoms with van der Waals surface area (Å²) in [6.07, 6.45) is 6.55. The van der Waals surface area contributed by atoms with Crippen LogP contribution in [0.1, 0.15) is 55.0 Å². The molecule has 0 aliphatic heterocycles. The van der Waals surface area contributed by atoms with Gasteiger partial charge < -0.3 is 0 Å². The summed E-state index contributed by atoms with van der Waals surface area (Å²) in [4.78, 5) is 1.70. The number of fused-ring (bicyclic) bond motifs is 3. The lowest BCUT2D eigenvalue weighted by Crippen LogP contribution is -2.05. The summed E-state index contributed by atoms with van der Waals surface area (Å²) in [5.74, 6) is 0.834. The largest absolute Gasteiger partial charge is 0.139 e. The fraction of sp³-hybridized carbons (Fsp3) is 0.500. The van der Waals surface area contributed by atoms with E-state index in [1.54, 1.807) is 20.5 Å². The zero-order valence-electron chi connectivity index (χ0n) is 10.8. The van der Waals surface area contributed by atoms with E-state index in [1.165, 1.54) is 31.2 Å². The van der Waals surface area contributed by atoms with Gasteiger partial charge in [-0.05, 0) is 54.5 Å². The van der Waals surface area contributed by atoms with Gasteiger partial charge in [0.15, 0.2) is 0 Å². The molecule has 0 nitrogen and oxygen atoms in total. The zero-order chi connectivity index (χ0) is 11.8. The maximum Gasteiger partial charge on any atom is 0.0380 e. The summed E-state index contributed by atoms with van der Waals surface area (Å²) in [5, 5.41) is 1.56. The minimum absolute atomic E-state index is 0.834. The van der Waals surface area contributed by atoms with Crippen molar-refractivity contribution in [1.29, 1.82) is 0 Å². The quantitative estimate of drug-likeness (QED) is 0.673. The smallest absolute Gasteiger partial charge is 0.0380 e. The van der Waals surface area contributed by atoms with E-state index >= 15 is 0 Å². The number of rotatable bonds is 2. The second kappa shape index (κ2) is 4.45. The number of benzene rings is 1. The number of hydrogen-bond acceptors (Lipinski definition) is 1. The van der Waals surface area contributed by atoms with Gasteiger partial charge in [0.25, 0.3) is 0 Å². The molecule has 1 heteroatoms. The molecule has 1 aliphatic carbocycles. The number of aryl methyl sites for hydroxylation is 2. The van der Waals surface area contributed by atoms with Crippen molar-refractivity contribution in [3.63, 3.8) is 0 Å². The topological polar surface area (TPSA) is 0 Å². The van der Waals surface area contributed by atoms with Gasteiger partial charge in [0, 0.05) is 9.58 Å². The van der Waals surface area contributed by atoms with Crippen LogP contribution in [-0.2, 0) is 12.8 Å². The molecule has 17 heavy (non-hydrogen) atoms. The average molecular weight is 244 g/mol. The Morgan fingerprint density at radius 2 is 2.18 bits per heavy atom. The molecule has 0 bridgehead atoms. The van der Waals surface area contributed by atoms with Crippen LogP contribution in [0.4, 0.5) is 0 Å². The minimum Gasteiger partial charge on any atom is -0.139 e. The highest BCUT2D eigenvalue weighted by Gasteiger charge is 2.23. The molecule has 1 aromatic heterocycles. The standard InChI is InChI=1S/C16H20S/c1-3-11-7-5-9-13-14-10-6-8-12(4-2)16(14)17-15(11)13/h5,7,9,12H,3-4,6,8,10H2,1-2H3. The first-order chi connectivity index (χ1) is 8.35. The van der Waals surface area contributed by atoms with Crippen molar-refractivity contribution in [1.82, 2.24) is 0 Å². The zero-order valence-corrected chi connectivity index (χ0v) is 11.6. The van der Waals surface area contributed by atoms with Crippen molar-refractivity contribution in [2.45, 2.75) is 51.9 Å². The molecular formula is C16H20S. The van der Waals surface area contributed by atoms with Crippen molar-refractivity contribution in [2.75, 3.05) is 0 Å². The van der Waals surface area contributed by atoms with Crippen molar-refractivity contribution in [3.8, 4) is 0 Å². The average Bonchev–Trinajstić information content (AvgIpc) is 2.77. The predicted octanol–water partition coefficient (Wildman–Crippen LogP) is 5.29. The van der Waals surface area contributed by atoms with Crippen LogP contribution in [0.15, 0.2) is 18.2 Å². The molecule has 90 valence electrons. The van der Waals surface area contributed by atoms with Gasteiger partial charge in [-0.2, -0.15) is 0 Å². The third-order valence-corrected chi connectivity index (χ3v) is 5.64. The summed E-state index contributed by atoms with van der Waals surface area (Å²) in [6.45, 7) is 4.61. The summed E-state index contributed by atoms with van der Waals surface area (Å²) < 4.78 is 1.57. The van der Waals surface area contributed by atoms with Gasteiger partial charge in [-0.25, -0.2) is 0 Å². The van der Waals surface area contributed by atoms with E-state index in [1.807, 2.05) is 0 Å². The van der Waals surface area contributed by atoms with Crippen LogP contribution in [0, 0.1) is 0 Å². The maximum atomic E-state index is 2.34. The van der Waals surface area contributed by atoms with E-state index in [0.29, 0.717) is 0 Å². The van der Waals surface area contributed by atoms with E-state index in [-0.39, 0.29) is 0 Å². The molecule has 0 saturated heterocycles. The Bertz CT molecular complexity index is 536. The van der Waals surface area contributed by atoms with Crippen LogP contribution in [0.2, 0.25) is 0 Å². The van der Waals surface area contributed by atoms with Crippen molar-refractivity contribution < 1.29 is 0 Å². The molecule has 2 aromatic rings. The van der Waals surface area contributed by atoms with Gasteiger partial charge in [-0.15, -0.1) is 11.3 Å². The third-order valence-electron chi connectivity index (χ3n) is 4.16. The molecule has 1 unspecified atom stereocenters. The summed E-state index contributed by atoms with van der Waals surface area (Å²) >= 11 is 2.08. The summed E-state index contributed by atoms with van der Waals surface area (Å²) in [5.41, 5.74) is 3.22. The first-order valence-corrected chi connectivity index (χ1v) is 7.70. The fourth-order valence-corrected chi connectivity index (χ4v) is 4.81. The van der Waals surface area contributed by atoms with Gasteiger partial charge in [-0.1, -0.05) is 32.0 Å². The van der Waals surface area contributed by atoms with Gasteiger partial charge in [0.2, 0.25) is 0 Å². The van der Waals surface area contributed by atoms with Crippen molar-refractivity contribution in [2.24, 2.45) is 0 Å². The normalized spacial score (nSPS) is 19.5. The molecule has 1 aliphatic rings. The Morgan fingerprint density at radius 1 is 1.29 bits per heavy atom. The Labute approximate surface area is 108 Å². The Kier molecular flexibility index (Phi) is 2.96. The fourth-order valence-electron chi connectivity index (χ4n) is 3.16. The molecule has 0 fully saturated rings. The minimum atomic E-state index is 0.834. The Hall–Kier alpha value is -0.820. The van der Waals surface area contributed by atoms with Crippen molar-refractivity contribution in [3.05, 3.63) is 34.2 Å². The lowest BCUT2D eigenvalue weighted by Gasteiger charge is -2.20. The van der Waals surface area contributed by atoms with E-state index < -0.39 is 0 Å². The second-order valence-electron chi connectivity index (χ2n) is 5.09. The molecular weight excluding hydrogens is 224 g/mol. The molecule has 0 saturated carbocycles. The third kappa shape index (κ3) is 1.72. The van der Waals surface area contributed by atoms with Gasteiger partial charge >= 0.3 is 0 Å². The van der Waals surface area contributed by atoms with Crippen molar-refractivity contribution >= 4 is 21.4 Å². The number of hydrogen-bond donors (Lipinski definition) is 0. The summed E-state index contributed by atoms with van der Waals surface area (Å²) in [7, 11) is 0. The van der Waals surface area contributed by atoms with Gasteiger partial charge in [0.1, 0.15) is 0 Å². The van der Waals surface area contributed by atoms with E-state index in [0.717, 1.165) is 12.3 Å².